The molecule has 0 aromatic heterocycles. The molecule has 5 nitrogen and oxygen atoms in total. The highest BCUT2D eigenvalue weighted by Gasteiger charge is 2.24. The molecule has 0 aliphatic rings. The average molecular weight is 286 g/mol. The lowest BCUT2D eigenvalue weighted by atomic mass is 10.3. The molecule has 0 saturated carbocycles. The summed E-state index contributed by atoms with van der Waals surface area (Å²) in [4.78, 5) is 0.145. The molecule has 0 fully saturated rings. The molecule has 0 unspecified atom stereocenters. The van der Waals surface area contributed by atoms with E-state index < -0.39 is 10.0 Å². The van der Waals surface area contributed by atoms with Crippen LogP contribution in [-0.2, 0) is 10.0 Å². The van der Waals surface area contributed by atoms with Gasteiger partial charge in [-0.05, 0) is 18.6 Å². The fourth-order valence-corrected chi connectivity index (χ4v) is 3.39. The molecule has 1 rings (SSSR count). The van der Waals surface area contributed by atoms with Crippen LogP contribution in [0.4, 0.5) is 5.69 Å². The van der Waals surface area contributed by atoms with Gasteiger partial charge in [-0.2, -0.15) is 4.31 Å². The number of ether oxygens (including phenoxy) is 1. The molecule has 19 heavy (non-hydrogen) atoms. The van der Waals surface area contributed by atoms with Crippen molar-refractivity contribution in [2.75, 3.05) is 25.9 Å². The Hall–Kier alpha value is -1.27. The first-order valence-corrected chi connectivity index (χ1v) is 7.85. The predicted octanol–water partition coefficient (Wildman–Crippen LogP) is 2.09. The molecule has 0 heterocycles. The maximum absolute atomic E-state index is 12.5. The Morgan fingerprint density at radius 1 is 1.32 bits per heavy atom. The summed E-state index contributed by atoms with van der Waals surface area (Å²) in [6.07, 6.45) is 1.78. The van der Waals surface area contributed by atoms with Gasteiger partial charge in [0.05, 0.1) is 12.8 Å². The third kappa shape index (κ3) is 3.61. The van der Waals surface area contributed by atoms with Crippen LogP contribution >= 0.6 is 0 Å². The number of hydrogen-bond acceptors (Lipinski definition) is 4. The van der Waals surface area contributed by atoms with Gasteiger partial charge in [0.1, 0.15) is 10.6 Å². The summed E-state index contributed by atoms with van der Waals surface area (Å²) in [7, 11) is -2.01. The summed E-state index contributed by atoms with van der Waals surface area (Å²) in [6, 6.07) is 4.63. The van der Waals surface area contributed by atoms with Crippen molar-refractivity contribution in [2.24, 2.45) is 0 Å². The van der Waals surface area contributed by atoms with Gasteiger partial charge in [-0.1, -0.05) is 20.3 Å². The highest BCUT2D eigenvalue weighted by molar-refractivity contribution is 7.89. The Bertz CT molecular complexity index is 515. The highest BCUT2D eigenvalue weighted by atomic mass is 32.2. The first-order valence-electron chi connectivity index (χ1n) is 6.41. The molecule has 0 bridgehead atoms. The Morgan fingerprint density at radius 3 is 2.47 bits per heavy atom. The number of unbranched alkanes of at least 4 members (excludes halogenated alkanes) is 1. The minimum Gasteiger partial charge on any atom is -0.497 e. The second-order valence-electron chi connectivity index (χ2n) is 4.25. The largest absolute Gasteiger partial charge is 0.497 e. The van der Waals surface area contributed by atoms with Gasteiger partial charge in [0.25, 0.3) is 0 Å². The molecule has 1 aromatic rings. The van der Waals surface area contributed by atoms with Gasteiger partial charge in [0.2, 0.25) is 10.0 Å². The van der Waals surface area contributed by atoms with E-state index in [1.54, 1.807) is 6.07 Å². The molecular weight excluding hydrogens is 264 g/mol. The van der Waals surface area contributed by atoms with E-state index in [2.05, 4.69) is 0 Å². The SMILES string of the molecule is CCCCN(CC)S(=O)(=O)c1ccc(OC)cc1N. The summed E-state index contributed by atoms with van der Waals surface area (Å²) in [6.45, 7) is 4.81. The van der Waals surface area contributed by atoms with Crippen molar-refractivity contribution >= 4 is 15.7 Å². The number of anilines is 1. The summed E-state index contributed by atoms with van der Waals surface area (Å²) in [5.74, 6) is 0.549. The van der Waals surface area contributed by atoms with Crippen LogP contribution in [0.3, 0.4) is 0 Å². The topological polar surface area (TPSA) is 72.6 Å². The van der Waals surface area contributed by atoms with Crippen LogP contribution in [-0.4, -0.2) is 32.9 Å². The van der Waals surface area contributed by atoms with Gasteiger partial charge in [-0.15, -0.1) is 0 Å². The zero-order valence-electron chi connectivity index (χ0n) is 11.7. The van der Waals surface area contributed by atoms with E-state index in [4.69, 9.17) is 10.5 Å². The van der Waals surface area contributed by atoms with E-state index in [9.17, 15) is 8.42 Å². The second-order valence-corrected chi connectivity index (χ2v) is 6.16. The molecular formula is C13H22N2O3S. The number of benzene rings is 1. The fourth-order valence-electron chi connectivity index (χ4n) is 1.81. The van der Waals surface area contributed by atoms with Crippen molar-refractivity contribution in [2.45, 2.75) is 31.6 Å². The number of nitrogens with two attached hydrogens (primary N) is 1. The number of nitrogen functional groups attached to an aromatic ring is 1. The number of methoxy groups -OCH3 is 1. The number of hydrogen-bond donors (Lipinski definition) is 1. The first kappa shape index (κ1) is 15.8. The van der Waals surface area contributed by atoms with Crippen molar-refractivity contribution in [3.63, 3.8) is 0 Å². The van der Waals surface area contributed by atoms with Crippen LogP contribution in [0.1, 0.15) is 26.7 Å². The lowest BCUT2D eigenvalue weighted by Gasteiger charge is -2.21. The molecule has 0 spiro atoms. The van der Waals surface area contributed by atoms with Crippen molar-refractivity contribution in [1.29, 1.82) is 0 Å². The maximum atomic E-state index is 12.5. The number of sulfonamides is 1. The van der Waals surface area contributed by atoms with Gasteiger partial charge >= 0.3 is 0 Å². The van der Waals surface area contributed by atoms with Gasteiger partial charge in [0.15, 0.2) is 0 Å². The minimum atomic E-state index is -3.53. The summed E-state index contributed by atoms with van der Waals surface area (Å²) in [5, 5.41) is 0. The number of rotatable bonds is 7. The monoisotopic (exact) mass is 286 g/mol. The quantitative estimate of drug-likeness (QED) is 0.779. The lowest BCUT2D eigenvalue weighted by Crippen LogP contribution is -2.32. The second kappa shape index (κ2) is 6.77. The van der Waals surface area contributed by atoms with Crippen molar-refractivity contribution < 1.29 is 13.2 Å². The summed E-state index contributed by atoms with van der Waals surface area (Å²) in [5.41, 5.74) is 6.04. The van der Waals surface area contributed by atoms with Gasteiger partial charge in [-0.25, -0.2) is 8.42 Å². The van der Waals surface area contributed by atoms with Crippen LogP contribution in [0.15, 0.2) is 23.1 Å². The molecule has 108 valence electrons. The molecule has 2 N–H and O–H groups in total. The standard InChI is InChI=1S/C13H22N2O3S/c1-4-6-9-15(5-2)19(16,17)13-8-7-11(18-3)10-12(13)14/h7-8,10H,4-6,9,14H2,1-3H3. The number of nitrogens with zero attached hydrogens (tertiary/aromatic N) is 1. The van der Waals surface area contributed by atoms with E-state index in [-0.39, 0.29) is 10.6 Å². The third-order valence-corrected chi connectivity index (χ3v) is 5.00. The molecule has 0 amide bonds. The normalized spacial score (nSPS) is 11.8. The Kier molecular flexibility index (Phi) is 5.62. The average Bonchev–Trinajstić information content (AvgIpc) is 2.38. The predicted molar refractivity (Wildman–Crippen MR) is 76.7 cm³/mol. The van der Waals surface area contributed by atoms with E-state index in [1.807, 2.05) is 13.8 Å². The molecule has 6 heteroatoms. The van der Waals surface area contributed by atoms with Crippen LogP contribution in [0.5, 0.6) is 5.75 Å². The maximum Gasteiger partial charge on any atom is 0.245 e. The molecule has 0 aliphatic heterocycles. The van der Waals surface area contributed by atoms with E-state index in [0.29, 0.717) is 18.8 Å². The Balaban J connectivity index is 3.11. The van der Waals surface area contributed by atoms with Gasteiger partial charge in [-0.3, -0.25) is 0 Å². The Morgan fingerprint density at radius 2 is 2.00 bits per heavy atom. The van der Waals surface area contributed by atoms with Crippen LogP contribution < -0.4 is 10.5 Å². The Labute approximate surface area is 115 Å². The van der Waals surface area contributed by atoms with E-state index >= 15 is 0 Å². The van der Waals surface area contributed by atoms with Crippen LogP contribution in [0, 0.1) is 0 Å². The zero-order valence-corrected chi connectivity index (χ0v) is 12.5. The van der Waals surface area contributed by atoms with E-state index in [1.165, 1.54) is 23.5 Å². The molecule has 0 saturated heterocycles. The zero-order chi connectivity index (χ0) is 14.5. The molecule has 0 radical (unpaired) electrons. The van der Waals surface area contributed by atoms with Gasteiger partial charge in [0, 0.05) is 19.2 Å². The highest BCUT2D eigenvalue weighted by Crippen LogP contribution is 2.26. The smallest absolute Gasteiger partial charge is 0.245 e. The van der Waals surface area contributed by atoms with Crippen molar-refractivity contribution in [1.82, 2.24) is 4.31 Å². The van der Waals surface area contributed by atoms with E-state index in [0.717, 1.165) is 12.8 Å². The summed E-state index contributed by atoms with van der Waals surface area (Å²) < 4.78 is 31.5. The van der Waals surface area contributed by atoms with Crippen LogP contribution in [0.25, 0.3) is 0 Å². The fraction of sp³-hybridized carbons (Fsp3) is 0.538. The first-order chi connectivity index (χ1) is 8.97. The lowest BCUT2D eigenvalue weighted by molar-refractivity contribution is 0.413. The summed E-state index contributed by atoms with van der Waals surface area (Å²) >= 11 is 0. The molecule has 0 aliphatic carbocycles. The van der Waals surface area contributed by atoms with Gasteiger partial charge < -0.3 is 10.5 Å². The molecule has 1 aromatic carbocycles. The minimum absolute atomic E-state index is 0.145. The third-order valence-electron chi connectivity index (χ3n) is 2.95. The van der Waals surface area contributed by atoms with Crippen LogP contribution in [0.2, 0.25) is 0 Å². The molecule has 0 atom stereocenters. The van der Waals surface area contributed by atoms with Crippen molar-refractivity contribution in [3.8, 4) is 5.75 Å². The van der Waals surface area contributed by atoms with Crippen molar-refractivity contribution in [3.05, 3.63) is 18.2 Å².